The molecule has 0 aliphatic carbocycles. The Bertz CT molecular complexity index is 752. The number of methoxy groups -OCH3 is 2. The predicted octanol–water partition coefficient (Wildman–Crippen LogP) is 0.753. The largest absolute Gasteiger partial charge is 0.497 e. The van der Waals surface area contributed by atoms with Crippen molar-refractivity contribution in [3.8, 4) is 17.1 Å². The van der Waals surface area contributed by atoms with E-state index in [9.17, 15) is 4.79 Å². The van der Waals surface area contributed by atoms with Crippen molar-refractivity contribution in [2.75, 3.05) is 46.9 Å². The maximum Gasteiger partial charge on any atom is 0.241 e. The van der Waals surface area contributed by atoms with Gasteiger partial charge in [-0.15, -0.1) is 0 Å². The molecule has 0 radical (unpaired) electrons. The number of hydrogen-bond acceptors (Lipinski definition) is 8. The quantitative estimate of drug-likeness (QED) is 0.705. The van der Waals surface area contributed by atoms with E-state index in [4.69, 9.17) is 19.7 Å². The summed E-state index contributed by atoms with van der Waals surface area (Å²) in [6.45, 7) is 3.75. The van der Waals surface area contributed by atoms with E-state index in [-0.39, 0.29) is 12.0 Å². The van der Waals surface area contributed by atoms with Crippen molar-refractivity contribution >= 4 is 5.91 Å². The lowest BCUT2D eigenvalue weighted by Gasteiger charge is -2.34. The molecule has 9 nitrogen and oxygen atoms in total. The van der Waals surface area contributed by atoms with Crippen molar-refractivity contribution < 1.29 is 18.8 Å². The van der Waals surface area contributed by atoms with E-state index < -0.39 is 0 Å². The van der Waals surface area contributed by atoms with Crippen molar-refractivity contribution in [1.29, 1.82) is 0 Å². The van der Waals surface area contributed by atoms with Crippen LogP contribution in [0.15, 0.2) is 28.8 Å². The first kappa shape index (κ1) is 20.2. The summed E-state index contributed by atoms with van der Waals surface area (Å²) in [6, 6.07) is 7.51. The monoisotopic (exact) mass is 389 g/mol. The number of amides is 1. The minimum Gasteiger partial charge on any atom is -0.497 e. The van der Waals surface area contributed by atoms with Gasteiger partial charge in [-0.05, 0) is 24.3 Å². The Morgan fingerprint density at radius 3 is 2.54 bits per heavy atom. The Labute approximate surface area is 164 Å². The fourth-order valence-corrected chi connectivity index (χ4v) is 3.11. The number of piperazine rings is 1. The number of benzene rings is 1. The van der Waals surface area contributed by atoms with Crippen LogP contribution < -0.4 is 10.5 Å². The van der Waals surface area contributed by atoms with E-state index in [1.807, 2.05) is 29.2 Å². The smallest absolute Gasteiger partial charge is 0.241 e. The number of carbonyl (C=O) groups excluding carboxylic acids is 1. The topological polar surface area (TPSA) is 107 Å². The van der Waals surface area contributed by atoms with Gasteiger partial charge < -0.3 is 24.6 Å². The standard InChI is InChI=1S/C19H27N5O4/c1-26-15-5-3-14(4-6-15)19-21-17(28-22-19)13-23-7-9-24(10-8-23)18(25)11-16(12-20)27-2/h3-6,16H,7-13,20H2,1-2H3. The third kappa shape index (κ3) is 5.06. The molecule has 1 aromatic heterocycles. The predicted molar refractivity (Wildman–Crippen MR) is 103 cm³/mol. The summed E-state index contributed by atoms with van der Waals surface area (Å²) in [4.78, 5) is 20.8. The van der Waals surface area contributed by atoms with E-state index in [2.05, 4.69) is 15.0 Å². The molecule has 1 aliphatic heterocycles. The Morgan fingerprint density at radius 1 is 1.21 bits per heavy atom. The Hall–Kier alpha value is -2.49. The second-order valence-corrected chi connectivity index (χ2v) is 6.69. The van der Waals surface area contributed by atoms with Gasteiger partial charge in [0, 0.05) is 45.4 Å². The van der Waals surface area contributed by atoms with Gasteiger partial charge in [-0.25, -0.2) is 0 Å². The summed E-state index contributed by atoms with van der Waals surface area (Å²) in [7, 11) is 3.20. The highest BCUT2D eigenvalue weighted by atomic mass is 16.5. The molecule has 1 atom stereocenters. The zero-order valence-corrected chi connectivity index (χ0v) is 16.3. The molecular weight excluding hydrogens is 362 g/mol. The number of nitrogens with two attached hydrogens (primary N) is 1. The highest BCUT2D eigenvalue weighted by Crippen LogP contribution is 2.20. The normalized spacial score (nSPS) is 16.2. The van der Waals surface area contributed by atoms with Crippen molar-refractivity contribution in [1.82, 2.24) is 19.9 Å². The fraction of sp³-hybridized carbons (Fsp3) is 0.526. The van der Waals surface area contributed by atoms with Crippen molar-refractivity contribution in [3.05, 3.63) is 30.2 Å². The highest BCUT2D eigenvalue weighted by molar-refractivity contribution is 5.76. The number of carbonyl (C=O) groups is 1. The number of rotatable bonds is 8. The van der Waals surface area contributed by atoms with Crippen molar-refractivity contribution in [2.24, 2.45) is 5.73 Å². The van der Waals surface area contributed by atoms with Crippen molar-refractivity contribution in [3.63, 3.8) is 0 Å². The molecule has 3 rings (SSSR count). The van der Waals surface area contributed by atoms with E-state index in [0.29, 0.717) is 44.3 Å². The number of hydrogen-bond donors (Lipinski definition) is 1. The summed E-state index contributed by atoms with van der Waals surface area (Å²) in [6.07, 6.45) is 0.0994. The third-order valence-corrected chi connectivity index (χ3v) is 4.90. The summed E-state index contributed by atoms with van der Waals surface area (Å²) >= 11 is 0. The summed E-state index contributed by atoms with van der Waals surface area (Å²) in [5.41, 5.74) is 6.47. The maximum atomic E-state index is 12.3. The summed E-state index contributed by atoms with van der Waals surface area (Å²) < 4.78 is 15.7. The molecule has 1 aromatic carbocycles. The van der Waals surface area contributed by atoms with Crippen LogP contribution in [-0.2, 0) is 16.1 Å². The average molecular weight is 389 g/mol. The van der Waals surface area contributed by atoms with Crippen LogP contribution in [0.5, 0.6) is 5.75 Å². The van der Waals surface area contributed by atoms with E-state index in [1.54, 1.807) is 14.2 Å². The van der Waals surface area contributed by atoms with Crippen LogP contribution in [-0.4, -0.2) is 78.9 Å². The molecule has 1 saturated heterocycles. The molecule has 1 unspecified atom stereocenters. The molecule has 0 spiro atoms. The minimum atomic E-state index is -0.222. The number of ether oxygens (including phenoxy) is 2. The minimum absolute atomic E-state index is 0.0801. The molecule has 1 amide bonds. The van der Waals surface area contributed by atoms with Crippen molar-refractivity contribution in [2.45, 2.75) is 19.1 Å². The van der Waals surface area contributed by atoms with Gasteiger partial charge in [-0.2, -0.15) is 4.98 Å². The molecule has 1 fully saturated rings. The second-order valence-electron chi connectivity index (χ2n) is 6.69. The van der Waals surface area contributed by atoms with E-state index in [0.717, 1.165) is 24.4 Å². The lowest BCUT2D eigenvalue weighted by atomic mass is 10.2. The Balaban J connectivity index is 1.50. The second kappa shape index (κ2) is 9.63. The van der Waals surface area contributed by atoms with Crippen LogP contribution in [0, 0.1) is 0 Å². The Morgan fingerprint density at radius 2 is 1.93 bits per heavy atom. The molecule has 2 heterocycles. The zero-order chi connectivity index (χ0) is 19.9. The van der Waals surface area contributed by atoms with E-state index in [1.165, 1.54) is 0 Å². The van der Waals surface area contributed by atoms with Gasteiger partial charge in [0.25, 0.3) is 0 Å². The maximum absolute atomic E-state index is 12.3. The third-order valence-electron chi connectivity index (χ3n) is 4.90. The molecule has 0 saturated carbocycles. The lowest BCUT2D eigenvalue weighted by molar-refractivity contribution is -0.135. The van der Waals surface area contributed by atoms with Gasteiger partial charge in [-0.1, -0.05) is 5.16 Å². The van der Waals surface area contributed by atoms with Gasteiger partial charge in [0.05, 0.1) is 26.2 Å². The van der Waals surface area contributed by atoms with Crippen LogP contribution in [0.2, 0.25) is 0 Å². The highest BCUT2D eigenvalue weighted by Gasteiger charge is 2.24. The first-order valence-corrected chi connectivity index (χ1v) is 9.33. The van der Waals surface area contributed by atoms with Gasteiger partial charge in [0.15, 0.2) is 0 Å². The molecule has 152 valence electrons. The molecule has 9 heteroatoms. The molecule has 2 N–H and O–H groups in total. The van der Waals surface area contributed by atoms with Gasteiger partial charge in [0.2, 0.25) is 17.6 Å². The van der Waals surface area contributed by atoms with Crippen LogP contribution in [0.25, 0.3) is 11.4 Å². The van der Waals surface area contributed by atoms with Crippen LogP contribution >= 0.6 is 0 Å². The molecule has 1 aliphatic rings. The fourth-order valence-electron chi connectivity index (χ4n) is 3.11. The molecule has 28 heavy (non-hydrogen) atoms. The lowest BCUT2D eigenvalue weighted by Crippen LogP contribution is -2.49. The molecular formula is C19H27N5O4. The van der Waals surface area contributed by atoms with Gasteiger partial charge >= 0.3 is 0 Å². The SMILES string of the molecule is COc1ccc(-c2noc(CN3CCN(C(=O)CC(CN)OC)CC3)n2)cc1. The molecule has 2 aromatic rings. The zero-order valence-electron chi connectivity index (χ0n) is 16.3. The number of nitrogens with zero attached hydrogens (tertiary/aromatic N) is 4. The summed E-state index contributed by atoms with van der Waals surface area (Å²) in [5.74, 6) is 1.98. The Kier molecular flexibility index (Phi) is 6.96. The van der Waals surface area contributed by atoms with Gasteiger partial charge in [-0.3, -0.25) is 9.69 Å². The first-order valence-electron chi connectivity index (χ1n) is 9.33. The number of aromatic nitrogens is 2. The van der Waals surface area contributed by atoms with E-state index >= 15 is 0 Å². The van der Waals surface area contributed by atoms with Gasteiger partial charge in [0.1, 0.15) is 5.75 Å². The molecule has 0 bridgehead atoms. The first-order chi connectivity index (χ1) is 13.6. The van der Waals surface area contributed by atoms with Crippen LogP contribution in [0.3, 0.4) is 0 Å². The average Bonchev–Trinajstić information content (AvgIpc) is 3.21. The van der Waals surface area contributed by atoms with Crippen LogP contribution in [0.4, 0.5) is 0 Å². The summed E-state index contributed by atoms with van der Waals surface area (Å²) in [5, 5.41) is 4.06. The van der Waals surface area contributed by atoms with Crippen LogP contribution in [0.1, 0.15) is 12.3 Å².